The molecule has 20 heavy (non-hydrogen) atoms. The van der Waals surface area contributed by atoms with E-state index >= 15 is 0 Å². The first-order chi connectivity index (χ1) is 9.71. The first-order valence-electron chi connectivity index (χ1n) is 6.84. The van der Waals surface area contributed by atoms with Crippen molar-refractivity contribution in [1.29, 1.82) is 0 Å². The van der Waals surface area contributed by atoms with Crippen LogP contribution in [0, 0.1) is 0 Å². The van der Waals surface area contributed by atoms with Crippen molar-refractivity contribution >= 4 is 5.69 Å². The summed E-state index contributed by atoms with van der Waals surface area (Å²) in [7, 11) is 5.08. The van der Waals surface area contributed by atoms with Crippen LogP contribution in [-0.4, -0.2) is 52.5 Å². The molecule has 1 rings (SSSR count). The molecule has 0 aliphatic carbocycles. The highest BCUT2D eigenvalue weighted by atomic mass is 16.5. The molecule has 0 bridgehead atoms. The lowest BCUT2D eigenvalue weighted by Crippen LogP contribution is -2.29. The van der Waals surface area contributed by atoms with Gasteiger partial charge in [0.05, 0.1) is 13.7 Å². The van der Waals surface area contributed by atoms with Gasteiger partial charge in [0, 0.05) is 52.2 Å². The second-order valence-corrected chi connectivity index (χ2v) is 4.68. The van der Waals surface area contributed by atoms with E-state index in [9.17, 15) is 0 Å². The maximum atomic E-state index is 6.07. The van der Waals surface area contributed by atoms with Crippen molar-refractivity contribution in [2.24, 2.45) is 0 Å². The van der Waals surface area contributed by atoms with Gasteiger partial charge in [0.15, 0.2) is 0 Å². The van der Waals surface area contributed by atoms with Crippen LogP contribution in [0.5, 0.6) is 5.75 Å². The minimum Gasteiger partial charge on any atom is -0.497 e. The Balaban J connectivity index is 2.62. The van der Waals surface area contributed by atoms with Crippen LogP contribution in [0.15, 0.2) is 18.2 Å². The Labute approximate surface area is 121 Å². The molecule has 5 nitrogen and oxygen atoms in total. The predicted molar refractivity (Wildman–Crippen MR) is 81.1 cm³/mol. The minimum absolute atomic E-state index is 0.711. The van der Waals surface area contributed by atoms with Gasteiger partial charge < -0.3 is 19.9 Å². The molecule has 5 heteroatoms. The van der Waals surface area contributed by atoms with Crippen LogP contribution < -0.4 is 10.5 Å². The van der Waals surface area contributed by atoms with Gasteiger partial charge in [0.2, 0.25) is 0 Å². The molecule has 0 aromatic heterocycles. The van der Waals surface area contributed by atoms with E-state index in [1.54, 1.807) is 21.3 Å². The van der Waals surface area contributed by atoms with Crippen molar-refractivity contribution in [3.8, 4) is 5.75 Å². The molecule has 0 aliphatic rings. The van der Waals surface area contributed by atoms with Crippen LogP contribution in [-0.2, 0) is 16.0 Å². The third-order valence-electron chi connectivity index (χ3n) is 3.18. The molecule has 0 amide bonds. The highest BCUT2D eigenvalue weighted by Crippen LogP contribution is 2.21. The van der Waals surface area contributed by atoms with Crippen molar-refractivity contribution in [2.45, 2.75) is 13.0 Å². The van der Waals surface area contributed by atoms with E-state index < -0.39 is 0 Å². The normalized spacial score (nSPS) is 11.0. The van der Waals surface area contributed by atoms with E-state index in [4.69, 9.17) is 19.9 Å². The molecule has 0 spiro atoms. The number of nitrogens with two attached hydrogens (primary N) is 1. The van der Waals surface area contributed by atoms with Crippen molar-refractivity contribution in [1.82, 2.24) is 4.90 Å². The van der Waals surface area contributed by atoms with Gasteiger partial charge >= 0.3 is 0 Å². The van der Waals surface area contributed by atoms with Crippen LogP contribution in [0.1, 0.15) is 12.0 Å². The average Bonchev–Trinajstić information content (AvgIpc) is 2.46. The average molecular weight is 282 g/mol. The van der Waals surface area contributed by atoms with E-state index in [1.165, 1.54) is 0 Å². The maximum absolute atomic E-state index is 6.07. The highest BCUT2D eigenvalue weighted by molar-refractivity contribution is 5.51. The Morgan fingerprint density at radius 1 is 1.05 bits per heavy atom. The number of hydrogen-bond donors (Lipinski definition) is 1. The lowest BCUT2D eigenvalue weighted by Gasteiger charge is -2.22. The molecule has 114 valence electrons. The van der Waals surface area contributed by atoms with E-state index in [0.29, 0.717) is 6.61 Å². The van der Waals surface area contributed by atoms with Crippen molar-refractivity contribution < 1.29 is 14.2 Å². The largest absolute Gasteiger partial charge is 0.497 e. The first kappa shape index (κ1) is 16.8. The number of anilines is 1. The fourth-order valence-corrected chi connectivity index (χ4v) is 2.01. The van der Waals surface area contributed by atoms with Gasteiger partial charge in [-0.1, -0.05) is 6.07 Å². The van der Waals surface area contributed by atoms with Crippen LogP contribution in [0.3, 0.4) is 0 Å². The number of ether oxygens (including phenoxy) is 3. The summed E-state index contributed by atoms with van der Waals surface area (Å²) in [6, 6.07) is 5.82. The predicted octanol–water partition coefficient (Wildman–Crippen LogP) is 1.76. The minimum atomic E-state index is 0.711. The summed E-state index contributed by atoms with van der Waals surface area (Å²) in [6.45, 7) is 4.13. The Hall–Kier alpha value is -1.30. The summed E-state index contributed by atoms with van der Waals surface area (Å²) in [5.41, 5.74) is 7.94. The van der Waals surface area contributed by atoms with E-state index in [-0.39, 0.29) is 0 Å². The van der Waals surface area contributed by atoms with Crippen LogP contribution in [0.4, 0.5) is 5.69 Å². The van der Waals surface area contributed by atoms with Crippen LogP contribution in [0.25, 0.3) is 0 Å². The summed E-state index contributed by atoms with van der Waals surface area (Å²) in [5.74, 6) is 0.786. The molecule has 0 saturated carbocycles. The van der Waals surface area contributed by atoms with E-state index in [2.05, 4.69) is 4.90 Å². The van der Waals surface area contributed by atoms with Crippen molar-refractivity contribution in [3.05, 3.63) is 23.8 Å². The number of methoxy groups -OCH3 is 3. The molecule has 0 aliphatic heterocycles. The van der Waals surface area contributed by atoms with Gasteiger partial charge in [0.25, 0.3) is 0 Å². The van der Waals surface area contributed by atoms with Crippen LogP contribution in [0.2, 0.25) is 0 Å². The quantitative estimate of drug-likeness (QED) is 0.523. The number of rotatable bonds is 10. The number of nitrogens with zero attached hydrogens (tertiary/aromatic N) is 1. The smallest absolute Gasteiger partial charge is 0.120 e. The zero-order chi connectivity index (χ0) is 14.8. The zero-order valence-corrected chi connectivity index (χ0v) is 12.7. The van der Waals surface area contributed by atoms with Gasteiger partial charge in [-0.25, -0.2) is 0 Å². The maximum Gasteiger partial charge on any atom is 0.120 e. The van der Waals surface area contributed by atoms with Gasteiger partial charge in [-0.3, -0.25) is 4.90 Å². The molecule has 0 radical (unpaired) electrons. The monoisotopic (exact) mass is 282 g/mol. The molecule has 0 heterocycles. The number of hydrogen-bond acceptors (Lipinski definition) is 5. The van der Waals surface area contributed by atoms with Crippen molar-refractivity contribution in [2.75, 3.05) is 53.4 Å². The van der Waals surface area contributed by atoms with Gasteiger partial charge in [-0.15, -0.1) is 0 Å². The fourth-order valence-electron chi connectivity index (χ4n) is 2.01. The second-order valence-electron chi connectivity index (χ2n) is 4.68. The molecular weight excluding hydrogens is 256 g/mol. The Kier molecular flexibility index (Phi) is 8.02. The first-order valence-corrected chi connectivity index (χ1v) is 6.84. The molecule has 0 fully saturated rings. The van der Waals surface area contributed by atoms with E-state index in [0.717, 1.165) is 49.7 Å². The molecule has 0 atom stereocenters. The topological polar surface area (TPSA) is 57.0 Å². The zero-order valence-electron chi connectivity index (χ0n) is 12.7. The summed E-state index contributed by atoms with van der Waals surface area (Å²) in [4.78, 5) is 2.32. The molecule has 0 saturated heterocycles. The molecule has 0 unspecified atom stereocenters. The molecule has 1 aromatic rings. The summed E-state index contributed by atoms with van der Waals surface area (Å²) < 4.78 is 15.4. The Morgan fingerprint density at radius 3 is 2.40 bits per heavy atom. The number of nitrogen functional groups attached to an aromatic ring is 1. The SMILES string of the molecule is COCCCN(CCOC)Cc1ccc(OC)cc1N. The van der Waals surface area contributed by atoms with E-state index in [1.807, 2.05) is 18.2 Å². The van der Waals surface area contributed by atoms with Gasteiger partial charge in [-0.05, 0) is 18.1 Å². The second kappa shape index (κ2) is 9.58. The third-order valence-corrected chi connectivity index (χ3v) is 3.18. The standard InChI is InChI=1S/C15H26N2O3/c1-18-9-4-7-17(8-10-19-2)12-13-5-6-14(20-3)11-15(13)16/h5-6,11H,4,7-10,12,16H2,1-3H3. The summed E-state index contributed by atoms with van der Waals surface area (Å²) in [5, 5.41) is 0. The van der Waals surface area contributed by atoms with Crippen molar-refractivity contribution in [3.63, 3.8) is 0 Å². The Bertz CT molecular complexity index is 385. The summed E-state index contributed by atoms with van der Waals surface area (Å²) in [6.07, 6.45) is 0.996. The highest BCUT2D eigenvalue weighted by Gasteiger charge is 2.09. The summed E-state index contributed by atoms with van der Waals surface area (Å²) >= 11 is 0. The lowest BCUT2D eigenvalue weighted by atomic mass is 10.1. The molecular formula is C15H26N2O3. The van der Waals surface area contributed by atoms with Gasteiger partial charge in [0.1, 0.15) is 5.75 Å². The molecule has 2 N–H and O–H groups in total. The Morgan fingerprint density at radius 2 is 1.80 bits per heavy atom. The number of benzene rings is 1. The molecule has 1 aromatic carbocycles. The fraction of sp³-hybridized carbons (Fsp3) is 0.600. The van der Waals surface area contributed by atoms with Crippen LogP contribution >= 0.6 is 0 Å². The van der Waals surface area contributed by atoms with Gasteiger partial charge in [-0.2, -0.15) is 0 Å². The third kappa shape index (κ3) is 5.77. The lowest BCUT2D eigenvalue weighted by molar-refractivity contribution is 0.129.